The van der Waals surface area contributed by atoms with E-state index in [2.05, 4.69) is 17.4 Å². The number of carbonyl (C=O) groups is 1. The number of nitrogens with one attached hydrogen (secondary N) is 1. The van der Waals surface area contributed by atoms with Gasteiger partial charge in [0, 0.05) is 17.5 Å². The first-order valence-electron chi connectivity index (χ1n) is 5.65. The lowest BCUT2D eigenvalue weighted by Crippen LogP contribution is -2.42. The van der Waals surface area contributed by atoms with Gasteiger partial charge in [-0.25, -0.2) is 0 Å². The summed E-state index contributed by atoms with van der Waals surface area (Å²) in [6, 6.07) is 8.13. The summed E-state index contributed by atoms with van der Waals surface area (Å²) < 4.78 is 0. The number of Topliss-reactive ketones (excluding diaryl/α,β-unsaturated/α-hetero) is 1. The van der Waals surface area contributed by atoms with Crippen molar-refractivity contribution in [2.24, 2.45) is 0 Å². The second-order valence-electron chi connectivity index (χ2n) is 4.71. The molecule has 1 saturated carbocycles. The van der Waals surface area contributed by atoms with Gasteiger partial charge in [0.25, 0.3) is 0 Å². The summed E-state index contributed by atoms with van der Waals surface area (Å²) in [4.78, 5) is 11.9. The summed E-state index contributed by atoms with van der Waals surface area (Å²) in [7, 11) is 0. The first-order valence-corrected chi connectivity index (χ1v) is 5.65. The van der Waals surface area contributed by atoms with Crippen LogP contribution < -0.4 is 5.32 Å². The van der Waals surface area contributed by atoms with Crippen LogP contribution in [0.25, 0.3) is 0 Å². The fourth-order valence-electron chi connectivity index (χ4n) is 2.84. The van der Waals surface area contributed by atoms with E-state index < -0.39 is 0 Å². The quantitative estimate of drug-likeness (QED) is 0.694. The zero-order valence-corrected chi connectivity index (χ0v) is 8.75. The molecule has 0 aromatic heterocycles. The standard InChI is InChI=1S/C13H15NO/c15-12-8-14-9-13(6-3-7-13)11-5-2-1-4-10(11)12/h1-2,4-5,14H,3,6-9H2. The van der Waals surface area contributed by atoms with E-state index in [1.165, 1.54) is 24.8 Å². The van der Waals surface area contributed by atoms with Crippen LogP contribution in [0.5, 0.6) is 0 Å². The molecule has 0 amide bonds. The normalized spacial score (nSPS) is 23.1. The van der Waals surface area contributed by atoms with Crippen molar-refractivity contribution >= 4 is 5.78 Å². The van der Waals surface area contributed by atoms with Crippen molar-refractivity contribution in [3.8, 4) is 0 Å². The molecule has 1 aliphatic heterocycles. The van der Waals surface area contributed by atoms with Crippen LogP contribution in [0.3, 0.4) is 0 Å². The first kappa shape index (κ1) is 9.10. The Balaban J connectivity index is 2.15. The van der Waals surface area contributed by atoms with Crippen LogP contribution in [0.15, 0.2) is 24.3 Å². The highest BCUT2D eigenvalue weighted by Crippen LogP contribution is 2.45. The Morgan fingerprint density at radius 3 is 2.73 bits per heavy atom. The molecular weight excluding hydrogens is 186 g/mol. The van der Waals surface area contributed by atoms with E-state index in [1.807, 2.05) is 12.1 Å². The van der Waals surface area contributed by atoms with Crippen molar-refractivity contribution in [3.05, 3.63) is 35.4 Å². The molecule has 2 aliphatic rings. The number of carbonyl (C=O) groups excluding carboxylic acids is 1. The van der Waals surface area contributed by atoms with Gasteiger partial charge in [-0.3, -0.25) is 4.79 Å². The highest BCUT2D eigenvalue weighted by atomic mass is 16.1. The Hall–Kier alpha value is -1.15. The first-order chi connectivity index (χ1) is 7.32. The summed E-state index contributed by atoms with van der Waals surface area (Å²) in [6.07, 6.45) is 3.75. The van der Waals surface area contributed by atoms with Crippen LogP contribution in [0, 0.1) is 0 Å². The fraction of sp³-hybridized carbons (Fsp3) is 0.462. The van der Waals surface area contributed by atoms with Gasteiger partial charge < -0.3 is 5.32 Å². The molecule has 0 saturated heterocycles. The van der Waals surface area contributed by atoms with Crippen molar-refractivity contribution in [1.82, 2.24) is 5.32 Å². The minimum absolute atomic E-state index is 0.245. The van der Waals surface area contributed by atoms with Crippen LogP contribution >= 0.6 is 0 Å². The molecule has 3 rings (SSSR count). The van der Waals surface area contributed by atoms with Gasteiger partial charge in [0.1, 0.15) is 0 Å². The molecule has 1 aliphatic carbocycles. The summed E-state index contributed by atoms with van der Waals surface area (Å²) in [5.74, 6) is 0.245. The maximum absolute atomic E-state index is 11.9. The topological polar surface area (TPSA) is 29.1 Å². The molecule has 2 nitrogen and oxygen atoms in total. The predicted octanol–water partition coefficient (Wildman–Crippen LogP) is 1.89. The molecule has 78 valence electrons. The maximum Gasteiger partial charge on any atom is 0.176 e. The lowest BCUT2D eigenvalue weighted by atomic mass is 9.63. The number of ketones is 1. The van der Waals surface area contributed by atoms with Crippen LogP contribution in [-0.2, 0) is 5.41 Å². The van der Waals surface area contributed by atoms with E-state index in [4.69, 9.17) is 0 Å². The summed E-state index contributed by atoms with van der Waals surface area (Å²) in [5, 5.41) is 3.29. The van der Waals surface area contributed by atoms with Crippen LogP contribution in [0.4, 0.5) is 0 Å². The predicted molar refractivity (Wildman–Crippen MR) is 59.2 cm³/mol. The zero-order chi connectivity index (χ0) is 10.3. The molecule has 1 aromatic rings. The van der Waals surface area contributed by atoms with Gasteiger partial charge >= 0.3 is 0 Å². The number of rotatable bonds is 0. The summed E-state index contributed by atoms with van der Waals surface area (Å²) >= 11 is 0. The van der Waals surface area contributed by atoms with Crippen molar-refractivity contribution in [2.75, 3.05) is 13.1 Å². The molecule has 1 fully saturated rings. The fourth-order valence-corrected chi connectivity index (χ4v) is 2.84. The third-order valence-electron chi connectivity index (χ3n) is 3.86. The van der Waals surface area contributed by atoms with E-state index in [9.17, 15) is 4.79 Å². The smallest absolute Gasteiger partial charge is 0.176 e. The number of fused-ring (bicyclic) bond motifs is 2. The van der Waals surface area contributed by atoms with Gasteiger partial charge in [0.2, 0.25) is 0 Å². The van der Waals surface area contributed by atoms with Crippen molar-refractivity contribution in [3.63, 3.8) is 0 Å². The third kappa shape index (κ3) is 1.25. The Labute approximate surface area is 89.7 Å². The average molecular weight is 201 g/mol. The van der Waals surface area contributed by atoms with Gasteiger partial charge in [-0.2, -0.15) is 0 Å². The molecule has 15 heavy (non-hydrogen) atoms. The van der Waals surface area contributed by atoms with Crippen LogP contribution in [-0.4, -0.2) is 18.9 Å². The lowest BCUT2D eigenvalue weighted by molar-refractivity contribution is 0.0993. The zero-order valence-electron chi connectivity index (χ0n) is 8.75. The van der Waals surface area contributed by atoms with Crippen LogP contribution in [0.2, 0.25) is 0 Å². The Morgan fingerprint density at radius 1 is 1.20 bits per heavy atom. The van der Waals surface area contributed by atoms with Crippen LogP contribution in [0.1, 0.15) is 35.2 Å². The van der Waals surface area contributed by atoms with Gasteiger partial charge in [-0.1, -0.05) is 30.7 Å². The second-order valence-corrected chi connectivity index (χ2v) is 4.71. The Morgan fingerprint density at radius 2 is 2.00 bits per heavy atom. The van der Waals surface area contributed by atoms with Gasteiger partial charge in [0.05, 0.1) is 6.54 Å². The van der Waals surface area contributed by atoms with E-state index >= 15 is 0 Å². The molecule has 0 unspecified atom stereocenters. The highest BCUT2D eigenvalue weighted by Gasteiger charge is 2.41. The number of benzene rings is 1. The van der Waals surface area contributed by atoms with Crippen molar-refractivity contribution in [2.45, 2.75) is 24.7 Å². The molecule has 2 heteroatoms. The average Bonchev–Trinajstić information content (AvgIpc) is 2.36. The van der Waals surface area contributed by atoms with E-state index in [0.717, 1.165) is 12.1 Å². The molecule has 1 spiro atoms. The third-order valence-corrected chi connectivity index (χ3v) is 3.86. The highest BCUT2D eigenvalue weighted by molar-refractivity contribution is 5.99. The van der Waals surface area contributed by atoms with Crippen molar-refractivity contribution in [1.29, 1.82) is 0 Å². The maximum atomic E-state index is 11.9. The molecule has 0 atom stereocenters. The molecule has 1 N–H and O–H groups in total. The molecule has 1 aromatic carbocycles. The van der Waals surface area contributed by atoms with E-state index in [1.54, 1.807) is 0 Å². The number of hydrogen-bond acceptors (Lipinski definition) is 2. The molecule has 1 heterocycles. The minimum atomic E-state index is 0.245. The summed E-state index contributed by atoms with van der Waals surface area (Å²) in [5.41, 5.74) is 2.50. The lowest BCUT2D eigenvalue weighted by Gasteiger charge is -2.42. The monoisotopic (exact) mass is 201 g/mol. The summed E-state index contributed by atoms with van der Waals surface area (Å²) in [6.45, 7) is 1.47. The van der Waals surface area contributed by atoms with E-state index in [0.29, 0.717) is 6.54 Å². The largest absolute Gasteiger partial charge is 0.309 e. The Bertz CT molecular complexity index is 407. The minimum Gasteiger partial charge on any atom is -0.309 e. The van der Waals surface area contributed by atoms with Crippen molar-refractivity contribution < 1.29 is 4.79 Å². The Kier molecular flexibility index (Phi) is 1.93. The number of hydrogen-bond donors (Lipinski definition) is 1. The molecule has 0 bridgehead atoms. The molecular formula is C13H15NO. The molecule has 0 radical (unpaired) electrons. The van der Waals surface area contributed by atoms with E-state index in [-0.39, 0.29) is 11.2 Å². The van der Waals surface area contributed by atoms with Gasteiger partial charge in [0.15, 0.2) is 5.78 Å². The second kappa shape index (κ2) is 3.17. The SMILES string of the molecule is O=C1CNCC2(CCC2)c2ccccc21. The van der Waals surface area contributed by atoms with Gasteiger partial charge in [-0.15, -0.1) is 0 Å². The van der Waals surface area contributed by atoms with Gasteiger partial charge in [-0.05, 0) is 18.4 Å².